The number of nitrogens with zero attached hydrogens (tertiary/aromatic N) is 1. The topological polar surface area (TPSA) is 61.4 Å². The summed E-state index contributed by atoms with van der Waals surface area (Å²) in [5, 5.41) is 6.18. The van der Waals surface area contributed by atoms with E-state index in [4.69, 9.17) is 0 Å². The summed E-state index contributed by atoms with van der Waals surface area (Å²) in [4.78, 5) is 27.2. The van der Waals surface area contributed by atoms with E-state index in [2.05, 4.69) is 34.6 Å². The number of benzene rings is 1. The van der Waals surface area contributed by atoms with Crippen molar-refractivity contribution < 1.29 is 9.59 Å². The summed E-state index contributed by atoms with van der Waals surface area (Å²) < 4.78 is 0. The Balaban J connectivity index is 1.24. The Hall–Kier alpha value is -2.04. The van der Waals surface area contributed by atoms with Gasteiger partial charge in [0.2, 0.25) is 11.8 Å². The lowest BCUT2D eigenvalue weighted by molar-refractivity contribution is -0.128. The van der Waals surface area contributed by atoms with Crippen LogP contribution < -0.4 is 15.5 Å². The summed E-state index contributed by atoms with van der Waals surface area (Å²) in [6.45, 7) is 4.55. The fraction of sp³-hybridized carbons (Fsp3) is 0.652. The minimum Gasteiger partial charge on any atom is -0.372 e. The van der Waals surface area contributed by atoms with Gasteiger partial charge in [-0.25, -0.2) is 0 Å². The van der Waals surface area contributed by atoms with Gasteiger partial charge < -0.3 is 15.5 Å². The standard InChI is InChI=1S/C23H33N3O2/c1-16-12-14-26(15-13-16)21-10-8-20(9-11-21)25-23(28)18-4-2-17(3-5-18)22(27)24-19-6-7-19/h8-11,16-19H,2-7,12-15H2,1H3,(H,24,27)(H,25,28). The molecule has 152 valence electrons. The van der Waals surface area contributed by atoms with Crippen LogP contribution in [0.1, 0.15) is 58.3 Å². The highest BCUT2D eigenvalue weighted by Crippen LogP contribution is 2.31. The smallest absolute Gasteiger partial charge is 0.227 e. The van der Waals surface area contributed by atoms with Crippen molar-refractivity contribution in [1.29, 1.82) is 0 Å². The number of hydrogen-bond donors (Lipinski definition) is 2. The number of carbonyl (C=O) groups excluding carboxylic acids is 2. The van der Waals surface area contributed by atoms with Crippen LogP contribution in [0.3, 0.4) is 0 Å². The number of anilines is 2. The van der Waals surface area contributed by atoms with Crippen molar-refractivity contribution in [3.8, 4) is 0 Å². The largest absolute Gasteiger partial charge is 0.372 e. The molecule has 3 aliphatic rings. The third-order valence-corrected chi connectivity index (χ3v) is 6.68. The second kappa shape index (κ2) is 8.54. The van der Waals surface area contributed by atoms with E-state index in [1.807, 2.05) is 12.1 Å². The van der Waals surface area contributed by atoms with E-state index in [0.29, 0.717) is 6.04 Å². The van der Waals surface area contributed by atoms with E-state index in [0.717, 1.165) is 63.2 Å². The van der Waals surface area contributed by atoms with E-state index in [9.17, 15) is 9.59 Å². The van der Waals surface area contributed by atoms with E-state index in [1.54, 1.807) is 0 Å². The lowest BCUT2D eigenvalue weighted by atomic mass is 9.81. The van der Waals surface area contributed by atoms with Crippen LogP contribution in [-0.4, -0.2) is 30.9 Å². The molecule has 2 saturated carbocycles. The quantitative estimate of drug-likeness (QED) is 0.809. The molecule has 3 fully saturated rings. The van der Waals surface area contributed by atoms with E-state index in [1.165, 1.54) is 18.5 Å². The summed E-state index contributed by atoms with van der Waals surface area (Å²) in [5.74, 6) is 1.23. The fourth-order valence-electron chi connectivity index (χ4n) is 4.43. The van der Waals surface area contributed by atoms with Crippen LogP contribution in [0, 0.1) is 17.8 Å². The Bertz CT molecular complexity index is 682. The maximum Gasteiger partial charge on any atom is 0.227 e. The molecule has 0 aromatic heterocycles. The van der Waals surface area contributed by atoms with Crippen molar-refractivity contribution in [3.63, 3.8) is 0 Å². The molecule has 1 heterocycles. The van der Waals surface area contributed by atoms with Gasteiger partial charge in [-0.2, -0.15) is 0 Å². The zero-order valence-corrected chi connectivity index (χ0v) is 17.0. The Morgan fingerprint density at radius 3 is 1.96 bits per heavy atom. The number of hydrogen-bond acceptors (Lipinski definition) is 3. The van der Waals surface area contributed by atoms with Crippen molar-refractivity contribution in [2.45, 2.75) is 64.3 Å². The minimum absolute atomic E-state index is 0.0215. The van der Waals surface area contributed by atoms with Gasteiger partial charge in [0, 0.05) is 42.3 Å². The molecule has 2 N–H and O–H groups in total. The molecule has 0 bridgehead atoms. The van der Waals surface area contributed by atoms with Crippen LogP contribution in [0.15, 0.2) is 24.3 Å². The number of nitrogens with one attached hydrogen (secondary N) is 2. The first-order chi connectivity index (χ1) is 13.6. The van der Waals surface area contributed by atoms with Crippen LogP contribution in [0.4, 0.5) is 11.4 Å². The van der Waals surface area contributed by atoms with Gasteiger partial charge in [-0.1, -0.05) is 6.92 Å². The van der Waals surface area contributed by atoms with Crippen LogP contribution >= 0.6 is 0 Å². The molecule has 4 rings (SSSR count). The van der Waals surface area contributed by atoms with Gasteiger partial charge in [0.25, 0.3) is 0 Å². The highest BCUT2D eigenvalue weighted by Gasteiger charge is 2.32. The maximum atomic E-state index is 12.6. The molecule has 2 amide bonds. The summed E-state index contributed by atoms with van der Waals surface area (Å²) in [5.41, 5.74) is 2.11. The highest BCUT2D eigenvalue weighted by molar-refractivity contribution is 5.93. The van der Waals surface area contributed by atoms with E-state index in [-0.39, 0.29) is 23.7 Å². The first-order valence-electron chi connectivity index (χ1n) is 11.0. The second-order valence-electron chi connectivity index (χ2n) is 9.04. The van der Waals surface area contributed by atoms with E-state index >= 15 is 0 Å². The first-order valence-corrected chi connectivity index (χ1v) is 11.0. The van der Waals surface area contributed by atoms with Crippen molar-refractivity contribution in [3.05, 3.63) is 24.3 Å². The molecule has 5 nitrogen and oxygen atoms in total. The number of rotatable bonds is 5. The zero-order valence-electron chi connectivity index (χ0n) is 17.0. The number of piperidine rings is 1. The first kappa shape index (κ1) is 19.3. The summed E-state index contributed by atoms with van der Waals surface area (Å²) in [6.07, 6.45) is 8.00. The summed E-state index contributed by atoms with van der Waals surface area (Å²) in [7, 11) is 0. The molecule has 5 heteroatoms. The Kier molecular flexibility index (Phi) is 5.88. The minimum atomic E-state index is 0.0215. The molecule has 2 aliphatic carbocycles. The Morgan fingerprint density at radius 2 is 1.39 bits per heavy atom. The lowest BCUT2D eigenvalue weighted by Crippen LogP contribution is -2.36. The predicted molar refractivity (Wildman–Crippen MR) is 112 cm³/mol. The molecule has 0 radical (unpaired) electrons. The maximum absolute atomic E-state index is 12.6. The molecule has 28 heavy (non-hydrogen) atoms. The lowest BCUT2D eigenvalue weighted by Gasteiger charge is -2.32. The molecule has 0 unspecified atom stereocenters. The third kappa shape index (κ3) is 4.86. The van der Waals surface area contributed by atoms with Gasteiger partial charge in [0.1, 0.15) is 0 Å². The molecule has 0 atom stereocenters. The van der Waals surface area contributed by atoms with Crippen molar-refractivity contribution in [2.75, 3.05) is 23.3 Å². The van der Waals surface area contributed by atoms with Crippen molar-refractivity contribution in [2.24, 2.45) is 17.8 Å². The molecule has 0 spiro atoms. The van der Waals surface area contributed by atoms with Gasteiger partial charge in [-0.3, -0.25) is 9.59 Å². The monoisotopic (exact) mass is 383 g/mol. The van der Waals surface area contributed by atoms with Crippen LogP contribution in [-0.2, 0) is 9.59 Å². The summed E-state index contributed by atoms with van der Waals surface area (Å²) >= 11 is 0. The van der Waals surface area contributed by atoms with E-state index < -0.39 is 0 Å². The normalized spacial score (nSPS) is 26.0. The molecule has 1 aromatic rings. The number of amides is 2. The van der Waals surface area contributed by atoms with Crippen molar-refractivity contribution in [1.82, 2.24) is 5.32 Å². The SMILES string of the molecule is CC1CCN(c2ccc(NC(=O)C3CCC(C(=O)NC4CC4)CC3)cc2)CC1. The van der Waals surface area contributed by atoms with Crippen LogP contribution in [0.5, 0.6) is 0 Å². The second-order valence-corrected chi connectivity index (χ2v) is 9.04. The van der Waals surface area contributed by atoms with Crippen LogP contribution in [0.2, 0.25) is 0 Å². The third-order valence-electron chi connectivity index (χ3n) is 6.68. The molecular formula is C23H33N3O2. The average molecular weight is 384 g/mol. The molecular weight excluding hydrogens is 350 g/mol. The van der Waals surface area contributed by atoms with Gasteiger partial charge in [0.05, 0.1) is 0 Å². The van der Waals surface area contributed by atoms with Crippen LogP contribution in [0.25, 0.3) is 0 Å². The Morgan fingerprint density at radius 1 is 0.821 bits per heavy atom. The Labute approximate surface area is 168 Å². The predicted octanol–water partition coefficient (Wildman–Crippen LogP) is 3.95. The summed E-state index contributed by atoms with van der Waals surface area (Å²) in [6, 6.07) is 8.68. The van der Waals surface area contributed by atoms with Gasteiger partial charge >= 0.3 is 0 Å². The number of carbonyl (C=O) groups is 2. The van der Waals surface area contributed by atoms with Gasteiger partial charge in [0.15, 0.2) is 0 Å². The highest BCUT2D eigenvalue weighted by atomic mass is 16.2. The fourth-order valence-corrected chi connectivity index (χ4v) is 4.43. The van der Waals surface area contributed by atoms with Crippen molar-refractivity contribution >= 4 is 23.2 Å². The molecule has 1 saturated heterocycles. The average Bonchev–Trinajstić information content (AvgIpc) is 3.53. The van der Waals surface area contributed by atoms with Gasteiger partial charge in [-0.05, 0) is 81.5 Å². The van der Waals surface area contributed by atoms with Gasteiger partial charge in [-0.15, -0.1) is 0 Å². The molecule has 1 aromatic carbocycles. The molecule has 1 aliphatic heterocycles. The zero-order chi connectivity index (χ0) is 19.5.